The summed E-state index contributed by atoms with van der Waals surface area (Å²) in [5.41, 5.74) is 7.00. The maximum atomic E-state index is 15.3. The second kappa shape index (κ2) is 8.14. The Bertz CT molecular complexity index is 1490. The van der Waals surface area contributed by atoms with Crippen molar-refractivity contribution in [3.63, 3.8) is 0 Å². The van der Waals surface area contributed by atoms with Gasteiger partial charge < -0.3 is 15.6 Å². The standard InChI is InChI=1S/C26H21ClF2N6O/c27-16-2-3-17(31)21(23(16)29)13-9-14-1-4-19(35(14)20(36)10-13)25-33-11-18(34-25)15-5-8-32-24(22(15)28)26(12-30)6-7-26/h2-3,5,8,10-11,14,19H,1,4,6-7,9,31H2,(H,33,34)/t14-,19+/m1/s1. The Hall–Kier alpha value is -3.77. The highest BCUT2D eigenvalue weighted by Crippen LogP contribution is 2.49. The number of nitrogens with two attached hydrogens (primary N) is 1. The molecule has 2 fully saturated rings. The number of benzene rings is 1. The van der Waals surface area contributed by atoms with Crippen molar-refractivity contribution in [2.75, 3.05) is 5.73 Å². The van der Waals surface area contributed by atoms with E-state index in [-0.39, 0.29) is 45.5 Å². The van der Waals surface area contributed by atoms with Gasteiger partial charge in [0.05, 0.1) is 34.7 Å². The molecule has 1 saturated carbocycles. The van der Waals surface area contributed by atoms with Crippen LogP contribution in [0.4, 0.5) is 14.5 Å². The maximum absolute atomic E-state index is 15.3. The zero-order valence-corrected chi connectivity index (χ0v) is 19.8. The molecule has 0 unspecified atom stereocenters. The summed E-state index contributed by atoms with van der Waals surface area (Å²) in [5, 5.41) is 9.42. The second-order valence-corrected chi connectivity index (χ2v) is 10.00. The fourth-order valence-corrected chi connectivity index (χ4v) is 5.60. The van der Waals surface area contributed by atoms with Crippen molar-refractivity contribution in [2.45, 2.75) is 49.6 Å². The number of H-pyrrole nitrogens is 1. The quantitative estimate of drug-likeness (QED) is 0.480. The van der Waals surface area contributed by atoms with Crippen LogP contribution in [0.25, 0.3) is 16.8 Å². The van der Waals surface area contributed by atoms with Crippen LogP contribution < -0.4 is 5.73 Å². The number of hydrogen-bond donors (Lipinski definition) is 2. The minimum atomic E-state index is -0.849. The number of carbonyl (C=O) groups is 1. The molecular formula is C26H21ClF2N6O. The lowest BCUT2D eigenvalue weighted by molar-refractivity contribution is -0.129. The third kappa shape index (κ3) is 3.39. The van der Waals surface area contributed by atoms with E-state index in [2.05, 4.69) is 21.0 Å². The number of nitrogen functional groups attached to an aromatic ring is 1. The predicted octanol–water partition coefficient (Wildman–Crippen LogP) is 5.06. The fourth-order valence-electron chi connectivity index (χ4n) is 5.44. The Morgan fingerprint density at radius 1 is 1.19 bits per heavy atom. The summed E-state index contributed by atoms with van der Waals surface area (Å²) in [6.45, 7) is 0. The van der Waals surface area contributed by atoms with E-state index in [0.717, 1.165) is 0 Å². The lowest BCUT2D eigenvalue weighted by Crippen LogP contribution is -2.39. The maximum Gasteiger partial charge on any atom is 0.247 e. The van der Waals surface area contributed by atoms with E-state index < -0.39 is 17.0 Å². The first kappa shape index (κ1) is 22.7. The van der Waals surface area contributed by atoms with Gasteiger partial charge in [0.25, 0.3) is 0 Å². The van der Waals surface area contributed by atoms with Gasteiger partial charge in [0.1, 0.15) is 11.2 Å². The minimum absolute atomic E-state index is 0.0451. The van der Waals surface area contributed by atoms with Crippen LogP contribution in [0.5, 0.6) is 0 Å². The molecule has 4 heterocycles. The van der Waals surface area contributed by atoms with Gasteiger partial charge in [-0.1, -0.05) is 11.6 Å². The molecule has 2 atom stereocenters. The van der Waals surface area contributed by atoms with Gasteiger partial charge in [-0.2, -0.15) is 5.26 Å². The largest absolute Gasteiger partial charge is 0.398 e. The second-order valence-electron chi connectivity index (χ2n) is 9.59. The number of pyridine rings is 1. The molecule has 182 valence electrons. The SMILES string of the molecule is N#CC1(c2nccc(-c3cnc([C@@H]4CC[C@@H]5CC(c6c(N)ccc(Cl)c6F)=CC(=O)N54)[nH]3)c2F)CC1. The summed E-state index contributed by atoms with van der Waals surface area (Å²) in [6, 6.07) is 6.18. The highest BCUT2D eigenvalue weighted by Gasteiger charge is 2.49. The zero-order chi connectivity index (χ0) is 25.2. The van der Waals surface area contributed by atoms with E-state index in [1.54, 1.807) is 11.0 Å². The monoisotopic (exact) mass is 506 g/mol. The van der Waals surface area contributed by atoms with Gasteiger partial charge in [0.2, 0.25) is 5.91 Å². The van der Waals surface area contributed by atoms with Crippen molar-refractivity contribution in [3.8, 4) is 17.3 Å². The Morgan fingerprint density at radius 3 is 2.75 bits per heavy atom. The lowest BCUT2D eigenvalue weighted by atomic mass is 9.92. The molecule has 1 aromatic carbocycles. The number of nitrogens with zero attached hydrogens (tertiary/aromatic N) is 4. The van der Waals surface area contributed by atoms with Gasteiger partial charge in [0, 0.05) is 35.1 Å². The van der Waals surface area contributed by atoms with Crippen LogP contribution in [0.3, 0.4) is 0 Å². The number of anilines is 1. The summed E-state index contributed by atoms with van der Waals surface area (Å²) in [7, 11) is 0. The molecule has 1 saturated heterocycles. The van der Waals surface area contributed by atoms with E-state index in [9.17, 15) is 14.4 Å². The summed E-state index contributed by atoms with van der Waals surface area (Å²) >= 11 is 5.95. The minimum Gasteiger partial charge on any atom is -0.398 e. The Balaban J connectivity index is 1.30. The van der Waals surface area contributed by atoms with Crippen LogP contribution in [-0.2, 0) is 10.2 Å². The first-order chi connectivity index (χ1) is 17.3. The van der Waals surface area contributed by atoms with Gasteiger partial charge in [-0.15, -0.1) is 0 Å². The number of nitriles is 1. The molecule has 3 aromatic rings. The molecule has 7 nitrogen and oxygen atoms in total. The van der Waals surface area contributed by atoms with Gasteiger partial charge in [-0.25, -0.2) is 13.8 Å². The molecule has 36 heavy (non-hydrogen) atoms. The number of hydrogen-bond acceptors (Lipinski definition) is 5. The number of carbonyl (C=O) groups excluding carboxylic acids is 1. The van der Waals surface area contributed by atoms with E-state index in [1.807, 2.05) is 0 Å². The number of nitrogens with one attached hydrogen (secondary N) is 1. The molecule has 3 N–H and O–H groups in total. The highest BCUT2D eigenvalue weighted by molar-refractivity contribution is 6.31. The third-order valence-electron chi connectivity index (χ3n) is 7.47. The number of rotatable bonds is 4. The van der Waals surface area contributed by atoms with E-state index in [0.29, 0.717) is 49.2 Å². The first-order valence-electron chi connectivity index (χ1n) is 11.7. The van der Waals surface area contributed by atoms with E-state index in [4.69, 9.17) is 17.3 Å². The molecular weight excluding hydrogens is 486 g/mol. The van der Waals surface area contributed by atoms with Crippen molar-refractivity contribution >= 4 is 28.8 Å². The van der Waals surface area contributed by atoms with Crippen molar-refractivity contribution in [1.82, 2.24) is 19.9 Å². The van der Waals surface area contributed by atoms with Crippen LogP contribution in [0.2, 0.25) is 5.02 Å². The first-order valence-corrected chi connectivity index (χ1v) is 12.1. The van der Waals surface area contributed by atoms with Crippen LogP contribution in [0.15, 0.2) is 36.7 Å². The Kier molecular flexibility index (Phi) is 5.12. The van der Waals surface area contributed by atoms with Gasteiger partial charge in [-0.05, 0) is 55.9 Å². The topological polar surface area (TPSA) is 112 Å². The lowest BCUT2D eigenvalue weighted by Gasteiger charge is -2.33. The highest BCUT2D eigenvalue weighted by atomic mass is 35.5. The third-order valence-corrected chi connectivity index (χ3v) is 7.76. The molecule has 2 aliphatic heterocycles. The normalized spacial score (nSPS) is 22.2. The number of fused-ring (bicyclic) bond motifs is 1. The molecule has 2 aromatic heterocycles. The number of amides is 1. The molecule has 10 heteroatoms. The summed E-state index contributed by atoms with van der Waals surface area (Å²) in [4.78, 5) is 26.7. The molecule has 1 aliphatic carbocycles. The Morgan fingerprint density at radius 2 is 2.00 bits per heavy atom. The predicted molar refractivity (Wildman–Crippen MR) is 129 cm³/mol. The number of imidazole rings is 1. The zero-order valence-electron chi connectivity index (χ0n) is 19.1. The van der Waals surface area contributed by atoms with Crippen LogP contribution >= 0.6 is 11.6 Å². The molecule has 0 spiro atoms. The van der Waals surface area contributed by atoms with E-state index >= 15 is 4.39 Å². The average molecular weight is 507 g/mol. The van der Waals surface area contributed by atoms with Crippen LogP contribution in [0, 0.1) is 23.0 Å². The number of aromatic amines is 1. The molecule has 0 radical (unpaired) electrons. The van der Waals surface area contributed by atoms with Crippen LogP contribution in [-0.4, -0.2) is 31.8 Å². The van der Waals surface area contributed by atoms with E-state index in [1.165, 1.54) is 30.6 Å². The smallest absolute Gasteiger partial charge is 0.247 e. The molecule has 1 amide bonds. The molecule has 0 bridgehead atoms. The molecule has 6 rings (SSSR count). The van der Waals surface area contributed by atoms with Gasteiger partial charge in [0.15, 0.2) is 11.6 Å². The van der Waals surface area contributed by atoms with Crippen molar-refractivity contribution in [2.24, 2.45) is 0 Å². The number of halogens is 3. The van der Waals surface area contributed by atoms with Gasteiger partial charge in [-0.3, -0.25) is 9.78 Å². The summed E-state index contributed by atoms with van der Waals surface area (Å²) in [6.07, 6.45) is 7.42. The van der Waals surface area contributed by atoms with Crippen molar-refractivity contribution < 1.29 is 13.6 Å². The summed E-state index contributed by atoms with van der Waals surface area (Å²) < 4.78 is 30.1. The number of aromatic nitrogens is 3. The van der Waals surface area contributed by atoms with Gasteiger partial charge >= 0.3 is 0 Å². The molecule has 3 aliphatic rings. The van der Waals surface area contributed by atoms with Crippen LogP contribution in [0.1, 0.15) is 55.2 Å². The summed E-state index contributed by atoms with van der Waals surface area (Å²) in [5.74, 6) is -0.871. The Labute approximate surface area is 210 Å². The van der Waals surface area contributed by atoms with Crippen molar-refractivity contribution in [3.05, 3.63) is 70.4 Å². The average Bonchev–Trinajstić information content (AvgIpc) is 3.29. The fraction of sp³-hybridized carbons (Fsp3) is 0.308. The van der Waals surface area contributed by atoms with Crippen molar-refractivity contribution in [1.29, 1.82) is 5.26 Å².